The van der Waals surface area contributed by atoms with Crippen LogP contribution in [-0.4, -0.2) is 67.9 Å². The minimum atomic E-state index is -0.684. The number of rotatable bonds is 0. The number of hydrogen-bond donors (Lipinski definition) is 4. The summed E-state index contributed by atoms with van der Waals surface area (Å²) in [4.78, 5) is 0. The SMILES string of the molecule is C[C@H]1CNCC2CNN3CCC(NC23)N[C@H](C)C2CC(F)CCC2O1. The van der Waals surface area contributed by atoms with Gasteiger partial charge in [0.25, 0.3) is 0 Å². The second-order valence-corrected chi connectivity index (χ2v) is 8.44. The molecule has 6 nitrogen and oxygen atoms in total. The van der Waals surface area contributed by atoms with Crippen molar-refractivity contribution in [2.45, 2.75) is 76.3 Å². The first kappa shape index (κ1) is 18.1. The van der Waals surface area contributed by atoms with Gasteiger partial charge in [-0.15, -0.1) is 0 Å². The van der Waals surface area contributed by atoms with Gasteiger partial charge in [-0.3, -0.25) is 16.1 Å². The Hall–Kier alpha value is -0.310. The molecule has 1 aliphatic carbocycles. The lowest BCUT2D eigenvalue weighted by molar-refractivity contribution is -0.0724. The van der Waals surface area contributed by atoms with Crippen LogP contribution in [0.25, 0.3) is 0 Å². The van der Waals surface area contributed by atoms with Crippen LogP contribution in [0.4, 0.5) is 4.39 Å². The van der Waals surface area contributed by atoms with Gasteiger partial charge in [0.05, 0.1) is 24.5 Å². The minimum absolute atomic E-state index is 0.160. The van der Waals surface area contributed by atoms with Crippen LogP contribution in [-0.2, 0) is 4.74 Å². The Morgan fingerprint density at radius 1 is 1.04 bits per heavy atom. The maximum absolute atomic E-state index is 14.1. The number of nitrogens with zero attached hydrogens (tertiary/aromatic N) is 1. The predicted octanol–water partition coefficient (Wildman–Crippen LogP) is 0.562. The minimum Gasteiger partial charge on any atom is -0.374 e. The zero-order valence-corrected chi connectivity index (χ0v) is 15.5. The predicted molar refractivity (Wildman–Crippen MR) is 95.6 cm³/mol. The van der Waals surface area contributed by atoms with Crippen molar-refractivity contribution in [1.29, 1.82) is 0 Å². The first-order chi connectivity index (χ1) is 12.1. The fourth-order valence-corrected chi connectivity index (χ4v) is 5.09. The lowest BCUT2D eigenvalue weighted by Gasteiger charge is -2.42. The summed E-state index contributed by atoms with van der Waals surface area (Å²) in [5.41, 5.74) is 3.52. The zero-order valence-electron chi connectivity index (χ0n) is 15.5. The molecule has 0 aromatic rings. The quantitative estimate of drug-likeness (QED) is 0.510. The number of hydrogen-bond acceptors (Lipinski definition) is 6. The maximum Gasteiger partial charge on any atom is 0.101 e. The van der Waals surface area contributed by atoms with E-state index in [0.717, 1.165) is 39.0 Å². The highest BCUT2D eigenvalue weighted by molar-refractivity contribution is 4.94. The van der Waals surface area contributed by atoms with E-state index < -0.39 is 6.17 Å². The van der Waals surface area contributed by atoms with Crippen LogP contribution in [0.1, 0.15) is 39.5 Å². The molecule has 1 saturated carbocycles. The molecular formula is C18H34FN5O. The van der Waals surface area contributed by atoms with E-state index in [1.54, 1.807) is 0 Å². The highest BCUT2D eigenvalue weighted by atomic mass is 19.1. The molecule has 25 heavy (non-hydrogen) atoms. The van der Waals surface area contributed by atoms with Crippen molar-refractivity contribution >= 4 is 0 Å². The van der Waals surface area contributed by atoms with Gasteiger partial charge in [-0.1, -0.05) is 0 Å². The number of hydrazine groups is 1. The third-order valence-corrected chi connectivity index (χ3v) is 6.49. The average Bonchev–Trinajstić information content (AvgIpc) is 2.98. The highest BCUT2D eigenvalue weighted by Crippen LogP contribution is 2.32. The Morgan fingerprint density at radius 3 is 2.80 bits per heavy atom. The van der Waals surface area contributed by atoms with Gasteiger partial charge in [0.15, 0.2) is 0 Å². The third-order valence-electron chi connectivity index (χ3n) is 6.49. The standard InChI is InChI=1S/C18H34FN5O/c1-11-8-20-9-13-10-21-24-6-5-17(23-18(13)24)22-12(2)15-7-14(19)3-4-16(15)25-11/h11-18,20-23H,3-10H2,1-2H3/t11-,12+,13?,14?,15?,16?,17?,18?/m0/s1. The summed E-state index contributed by atoms with van der Waals surface area (Å²) < 4.78 is 20.4. The molecule has 4 aliphatic rings. The van der Waals surface area contributed by atoms with Gasteiger partial charge in [0, 0.05) is 44.1 Å². The van der Waals surface area contributed by atoms with Gasteiger partial charge < -0.3 is 10.1 Å². The van der Waals surface area contributed by atoms with E-state index in [-0.39, 0.29) is 30.3 Å². The van der Waals surface area contributed by atoms with E-state index in [9.17, 15) is 4.39 Å². The van der Waals surface area contributed by atoms with Crippen molar-refractivity contribution in [3.63, 3.8) is 0 Å². The number of halogens is 1. The van der Waals surface area contributed by atoms with Crippen LogP contribution in [0.2, 0.25) is 0 Å². The molecule has 4 rings (SSSR count). The van der Waals surface area contributed by atoms with Crippen molar-refractivity contribution in [2.24, 2.45) is 11.8 Å². The summed E-state index contributed by atoms with van der Waals surface area (Å²) in [5, 5.41) is 13.5. The molecule has 7 heteroatoms. The second-order valence-electron chi connectivity index (χ2n) is 8.44. The number of alkyl halides is 1. The smallest absolute Gasteiger partial charge is 0.101 e. The molecule has 144 valence electrons. The van der Waals surface area contributed by atoms with Gasteiger partial charge in [-0.05, 0) is 39.5 Å². The molecule has 0 aromatic carbocycles. The number of nitrogens with one attached hydrogen (secondary N) is 4. The van der Waals surface area contributed by atoms with Gasteiger partial charge in [0.2, 0.25) is 0 Å². The van der Waals surface area contributed by atoms with Crippen LogP contribution < -0.4 is 21.4 Å². The summed E-state index contributed by atoms with van der Waals surface area (Å²) in [5.74, 6) is 0.787. The first-order valence-corrected chi connectivity index (χ1v) is 10.1. The fourth-order valence-electron chi connectivity index (χ4n) is 5.09. The van der Waals surface area contributed by atoms with E-state index in [0.29, 0.717) is 24.9 Å². The van der Waals surface area contributed by atoms with Gasteiger partial charge in [-0.2, -0.15) is 0 Å². The van der Waals surface area contributed by atoms with E-state index in [4.69, 9.17) is 4.74 Å². The Morgan fingerprint density at radius 2 is 1.92 bits per heavy atom. The molecule has 2 bridgehead atoms. The molecule has 0 amide bonds. The molecule has 0 spiro atoms. The Labute approximate surface area is 150 Å². The highest BCUT2D eigenvalue weighted by Gasteiger charge is 2.41. The van der Waals surface area contributed by atoms with Crippen LogP contribution in [0, 0.1) is 11.8 Å². The van der Waals surface area contributed by atoms with Crippen LogP contribution in [0.15, 0.2) is 0 Å². The Kier molecular flexibility index (Phi) is 5.60. The molecule has 4 fully saturated rings. The van der Waals surface area contributed by atoms with Crippen molar-refractivity contribution in [3.05, 3.63) is 0 Å². The molecule has 8 atom stereocenters. The van der Waals surface area contributed by atoms with Crippen LogP contribution >= 0.6 is 0 Å². The maximum atomic E-state index is 14.1. The summed E-state index contributed by atoms with van der Waals surface area (Å²) in [6, 6.07) is 0.251. The van der Waals surface area contributed by atoms with E-state index in [2.05, 4.69) is 40.2 Å². The van der Waals surface area contributed by atoms with Crippen molar-refractivity contribution in [1.82, 2.24) is 26.4 Å². The van der Waals surface area contributed by atoms with E-state index >= 15 is 0 Å². The molecule has 6 unspecified atom stereocenters. The molecule has 4 N–H and O–H groups in total. The van der Waals surface area contributed by atoms with Crippen LogP contribution in [0.3, 0.4) is 0 Å². The van der Waals surface area contributed by atoms with E-state index in [1.165, 1.54) is 0 Å². The zero-order chi connectivity index (χ0) is 17.4. The second kappa shape index (κ2) is 7.74. The number of ether oxygens (including phenoxy) is 1. The summed E-state index contributed by atoms with van der Waals surface area (Å²) in [6.07, 6.45) is 3.44. The number of fused-ring (bicyclic) bond motifs is 2. The van der Waals surface area contributed by atoms with Gasteiger partial charge in [-0.25, -0.2) is 9.40 Å². The molecule has 3 heterocycles. The van der Waals surface area contributed by atoms with E-state index in [1.807, 2.05) is 0 Å². The molecule has 3 aliphatic heterocycles. The first-order valence-electron chi connectivity index (χ1n) is 10.1. The Balaban J connectivity index is 1.50. The fraction of sp³-hybridized carbons (Fsp3) is 1.00. The van der Waals surface area contributed by atoms with Crippen molar-refractivity contribution < 1.29 is 9.13 Å². The lowest BCUT2D eigenvalue weighted by Crippen LogP contribution is -2.63. The normalized spacial score (nSPS) is 49.6. The molecule has 3 saturated heterocycles. The largest absolute Gasteiger partial charge is 0.374 e. The summed E-state index contributed by atoms with van der Waals surface area (Å²) >= 11 is 0. The summed E-state index contributed by atoms with van der Waals surface area (Å²) in [7, 11) is 0. The average molecular weight is 356 g/mol. The molecule has 0 aromatic heterocycles. The van der Waals surface area contributed by atoms with Crippen LogP contribution in [0.5, 0.6) is 0 Å². The van der Waals surface area contributed by atoms with Crippen molar-refractivity contribution in [2.75, 3.05) is 26.2 Å². The Bertz CT molecular complexity index is 455. The molecule has 0 radical (unpaired) electrons. The monoisotopic (exact) mass is 355 g/mol. The molecular weight excluding hydrogens is 321 g/mol. The summed E-state index contributed by atoms with van der Waals surface area (Å²) in [6.45, 7) is 8.25. The van der Waals surface area contributed by atoms with Gasteiger partial charge >= 0.3 is 0 Å². The lowest BCUT2D eigenvalue weighted by atomic mass is 9.80. The van der Waals surface area contributed by atoms with Crippen molar-refractivity contribution in [3.8, 4) is 0 Å². The van der Waals surface area contributed by atoms with Gasteiger partial charge in [0.1, 0.15) is 6.17 Å². The third kappa shape index (κ3) is 4.01. The topological polar surface area (TPSA) is 60.6 Å².